The number of para-hydroxylation sites is 1. The molecule has 0 saturated carbocycles. The average molecular weight is 249 g/mol. The first-order valence-corrected chi connectivity index (χ1v) is 5.79. The molecule has 1 aliphatic rings. The lowest BCUT2D eigenvalue weighted by molar-refractivity contribution is -0.140. The van der Waals surface area contributed by atoms with Gasteiger partial charge in [-0.15, -0.1) is 0 Å². The zero-order chi connectivity index (χ0) is 13.1. The molecule has 0 spiro atoms. The third kappa shape index (κ3) is 2.61. The lowest BCUT2D eigenvalue weighted by Gasteiger charge is -2.19. The molecule has 18 heavy (non-hydrogen) atoms. The maximum atomic E-state index is 12.0. The molecule has 96 valence electrons. The van der Waals surface area contributed by atoms with Crippen molar-refractivity contribution in [2.45, 2.75) is 18.9 Å². The van der Waals surface area contributed by atoms with Crippen LogP contribution in [-0.2, 0) is 16.0 Å². The van der Waals surface area contributed by atoms with E-state index in [9.17, 15) is 9.59 Å². The Hall–Kier alpha value is -2.04. The van der Waals surface area contributed by atoms with Gasteiger partial charge in [0.15, 0.2) is 6.10 Å². The number of amides is 1. The monoisotopic (exact) mass is 249 g/mol. The minimum absolute atomic E-state index is 0.0537. The molecule has 0 aliphatic carbocycles. The number of hydrogen-bond donors (Lipinski definition) is 1. The van der Waals surface area contributed by atoms with Crippen molar-refractivity contribution in [2.75, 3.05) is 13.6 Å². The van der Waals surface area contributed by atoms with E-state index >= 15 is 0 Å². The van der Waals surface area contributed by atoms with Crippen LogP contribution in [0.4, 0.5) is 0 Å². The molecule has 1 N–H and O–H groups in total. The van der Waals surface area contributed by atoms with E-state index in [2.05, 4.69) is 0 Å². The number of carboxylic acid groups (broad SMARTS) is 1. The second kappa shape index (κ2) is 5.08. The van der Waals surface area contributed by atoms with Gasteiger partial charge in [-0.2, -0.15) is 0 Å². The van der Waals surface area contributed by atoms with E-state index in [-0.39, 0.29) is 18.9 Å². The van der Waals surface area contributed by atoms with Crippen molar-refractivity contribution in [3.63, 3.8) is 0 Å². The van der Waals surface area contributed by atoms with Gasteiger partial charge in [-0.25, -0.2) is 0 Å². The fourth-order valence-corrected chi connectivity index (χ4v) is 1.94. The molecule has 2 rings (SSSR count). The van der Waals surface area contributed by atoms with Crippen molar-refractivity contribution in [1.29, 1.82) is 0 Å². The summed E-state index contributed by atoms with van der Waals surface area (Å²) in [5.41, 5.74) is 1.02. The Morgan fingerprint density at radius 1 is 1.44 bits per heavy atom. The highest BCUT2D eigenvalue weighted by Crippen LogP contribution is 2.28. The van der Waals surface area contributed by atoms with Crippen LogP contribution >= 0.6 is 0 Å². The Morgan fingerprint density at radius 2 is 2.17 bits per heavy atom. The highest BCUT2D eigenvalue weighted by molar-refractivity contribution is 5.82. The summed E-state index contributed by atoms with van der Waals surface area (Å²) in [6.45, 7) is 0.199. The molecule has 1 aromatic rings. The number of hydrogen-bond acceptors (Lipinski definition) is 3. The molecule has 0 saturated heterocycles. The van der Waals surface area contributed by atoms with Gasteiger partial charge in [0.2, 0.25) is 0 Å². The molecule has 0 fully saturated rings. The number of carbonyl (C=O) groups is 2. The SMILES string of the molecule is CN(CCC(=O)O)C(=O)C1Cc2ccccc2O1. The quantitative estimate of drug-likeness (QED) is 0.861. The summed E-state index contributed by atoms with van der Waals surface area (Å²) < 4.78 is 5.56. The number of fused-ring (bicyclic) bond motifs is 1. The number of nitrogens with zero attached hydrogens (tertiary/aromatic N) is 1. The third-order valence-corrected chi connectivity index (χ3v) is 2.96. The molecule has 0 bridgehead atoms. The molecule has 1 aromatic carbocycles. The van der Waals surface area contributed by atoms with Gasteiger partial charge in [0.05, 0.1) is 6.42 Å². The lowest BCUT2D eigenvalue weighted by atomic mass is 10.1. The van der Waals surface area contributed by atoms with Crippen LogP contribution in [0.3, 0.4) is 0 Å². The number of carboxylic acids is 1. The summed E-state index contributed by atoms with van der Waals surface area (Å²) in [7, 11) is 1.59. The Labute approximate surface area is 105 Å². The molecule has 1 atom stereocenters. The highest BCUT2D eigenvalue weighted by Gasteiger charge is 2.30. The number of benzene rings is 1. The molecule has 0 radical (unpaired) electrons. The van der Waals surface area contributed by atoms with Gasteiger partial charge in [0.25, 0.3) is 5.91 Å². The fourth-order valence-electron chi connectivity index (χ4n) is 1.94. The van der Waals surface area contributed by atoms with Crippen molar-refractivity contribution < 1.29 is 19.4 Å². The van der Waals surface area contributed by atoms with E-state index in [0.29, 0.717) is 6.42 Å². The summed E-state index contributed by atoms with van der Waals surface area (Å²) in [5.74, 6) is -0.347. The highest BCUT2D eigenvalue weighted by atomic mass is 16.5. The van der Waals surface area contributed by atoms with Gasteiger partial charge in [-0.1, -0.05) is 18.2 Å². The van der Waals surface area contributed by atoms with Crippen LogP contribution in [0.5, 0.6) is 5.75 Å². The van der Waals surface area contributed by atoms with Crippen molar-refractivity contribution >= 4 is 11.9 Å². The zero-order valence-electron chi connectivity index (χ0n) is 10.1. The Bertz CT molecular complexity index is 447. The number of rotatable bonds is 4. The van der Waals surface area contributed by atoms with E-state index < -0.39 is 12.1 Å². The second-order valence-corrected chi connectivity index (χ2v) is 4.32. The van der Waals surface area contributed by atoms with E-state index in [4.69, 9.17) is 9.84 Å². The number of aliphatic carboxylic acids is 1. The van der Waals surface area contributed by atoms with Gasteiger partial charge in [0.1, 0.15) is 5.75 Å². The first-order chi connectivity index (χ1) is 8.58. The van der Waals surface area contributed by atoms with Gasteiger partial charge in [-0.3, -0.25) is 9.59 Å². The fraction of sp³-hybridized carbons (Fsp3) is 0.385. The average Bonchev–Trinajstić information content (AvgIpc) is 2.78. The predicted octanol–water partition coefficient (Wildman–Crippen LogP) is 0.923. The van der Waals surface area contributed by atoms with Crippen LogP contribution in [0.1, 0.15) is 12.0 Å². The van der Waals surface area contributed by atoms with Crippen molar-refractivity contribution in [3.8, 4) is 5.75 Å². The Kier molecular flexibility index (Phi) is 3.50. The van der Waals surface area contributed by atoms with Gasteiger partial charge in [-0.05, 0) is 11.6 Å². The lowest BCUT2D eigenvalue weighted by Crippen LogP contribution is -2.39. The molecule has 1 amide bonds. The molecule has 1 heterocycles. The number of carbonyl (C=O) groups excluding carboxylic acids is 1. The largest absolute Gasteiger partial charge is 0.481 e. The molecule has 1 aliphatic heterocycles. The topological polar surface area (TPSA) is 66.8 Å². The molecular formula is C13H15NO4. The summed E-state index contributed by atoms with van der Waals surface area (Å²) in [4.78, 5) is 23.9. The van der Waals surface area contributed by atoms with Gasteiger partial charge < -0.3 is 14.7 Å². The van der Waals surface area contributed by atoms with E-state index in [1.807, 2.05) is 24.3 Å². The van der Waals surface area contributed by atoms with Crippen molar-refractivity contribution in [1.82, 2.24) is 4.90 Å². The molecular weight excluding hydrogens is 234 g/mol. The summed E-state index contributed by atoms with van der Waals surface area (Å²) in [5, 5.41) is 8.58. The first kappa shape index (κ1) is 12.4. The summed E-state index contributed by atoms with van der Waals surface area (Å²) >= 11 is 0. The van der Waals surface area contributed by atoms with Gasteiger partial charge in [0, 0.05) is 20.0 Å². The van der Waals surface area contributed by atoms with Crippen molar-refractivity contribution in [3.05, 3.63) is 29.8 Å². The zero-order valence-corrected chi connectivity index (χ0v) is 10.1. The Morgan fingerprint density at radius 3 is 2.83 bits per heavy atom. The number of likely N-dealkylation sites (N-methyl/N-ethyl adjacent to an activating group) is 1. The molecule has 5 nitrogen and oxygen atoms in total. The molecule has 1 unspecified atom stereocenters. The standard InChI is InChI=1S/C13H15NO4/c1-14(7-6-12(15)16)13(17)11-8-9-4-2-3-5-10(9)18-11/h2-5,11H,6-8H2,1H3,(H,15,16). The predicted molar refractivity (Wildman–Crippen MR) is 64.5 cm³/mol. The van der Waals surface area contributed by atoms with Crippen LogP contribution in [0.15, 0.2) is 24.3 Å². The normalized spacial score (nSPS) is 16.8. The molecule has 5 heteroatoms. The summed E-state index contributed by atoms with van der Waals surface area (Å²) in [6.07, 6.45) is -0.0323. The van der Waals surface area contributed by atoms with Crippen LogP contribution in [0, 0.1) is 0 Å². The first-order valence-electron chi connectivity index (χ1n) is 5.79. The second-order valence-electron chi connectivity index (χ2n) is 4.32. The van der Waals surface area contributed by atoms with Crippen LogP contribution in [0.25, 0.3) is 0 Å². The maximum Gasteiger partial charge on any atom is 0.305 e. The minimum atomic E-state index is -0.912. The maximum absolute atomic E-state index is 12.0. The van der Waals surface area contributed by atoms with E-state index in [1.165, 1.54) is 4.90 Å². The van der Waals surface area contributed by atoms with Crippen LogP contribution in [-0.4, -0.2) is 41.6 Å². The van der Waals surface area contributed by atoms with Gasteiger partial charge >= 0.3 is 5.97 Å². The minimum Gasteiger partial charge on any atom is -0.481 e. The van der Waals surface area contributed by atoms with Crippen LogP contribution in [0.2, 0.25) is 0 Å². The smallest absolute Gasteiger partial charge is 0.305 e. The Balaban J connectivity index is 1.94. The summed E-state index contributed by atoms with van der Waals surface area (Å²) in [6, 6.07) is 7.53. The molecule has 0 aromatic heterocycles. The van der Waals surface area contributed by atoms with E-state index in [1.54, 1.807) is 7.05 Å². The van der Waals surface area contributed by atoms with Crippen LogP contribution < -0.4 is 4.74 Å². The van der Waals surface area contributed by atoms with Crippen molar-refractivity contribution in [2.24, 2.45) is 0 Å². The van der Waals surface area contributed by atoms with E-state index in [0.717, 1.165) is 11.3 Å². The third-order valence-electron chi connectivity index (χ3n) is 2.96. The number of ether oxygens (including phenoxy) is 1.